The Hall–Kier alpha value is -0.980. The van der Waals surface area contributed by atoms with Crippen molar-refractivity contribution in [1.82, 2.24) is 0 Å². The molecule has 1 unspecified atom stereocenters. The summed E-state index contributed by atoms with van der Waals surface area (Å²) in [4.78, 5) is 22.3. The zero-order valence-corrected chi connectivity index (χ0v) is 16.0. The van der Waals surface area contributed by atoms with Crippen LogP contribution >= 0.6 is 0 Å². The Bertz CT molecular complexity index is 383. The summed E-state index contributed by atoms with van der Waals surface area (Å²) < 4.78 is 20.4. The first-order valence-corrected chi connectivity index (χ1v) is 9.47. The van der Waals surface area contributed by atoms with E-state index < -0.39 is 5.97 Å². The molecular weight excluding hydrogens is 324 g/mol. The number of esters is 2. The highest BCUT2D eigenvalue weighted by atomic mass is 16.9. The number of methoxy groups -OCH3 is 3. The van der Waals surface area contributed by atoms with Crippen molar-refractivity contribution >= 4 is 11.9 Å². The van der Waals surface area contributed by atoms with Gasteiger partial charge in [-0.2, -0.15) is 0 Å². The van der Waals surface area contributed by atoms with E-state index in [4.69, 9.17) is 14.2 Å². The van der Waals surface area contributed by atoms with E-state index in [-0.39, 0.29) is 24.3 Å². The van der Waals surface area contributed by atoms with Crippen LogP contribution in [0.3, 0.4) is 0 Å². The summed E-state index contributed by atoms with van der Waals surface area (Å²) in [6.07, 6.45) is 12.2. The summed E-state index contributed by atoms with van der Waals surface area (Å²) in [5.41, 5.74) is 0. The molecule has 1 atom stereocenters. The van der Waals surface area contributed by atoms with Gasteiger partial charge in [0.2, 0.25) is 0 Å². The lowest BCUT2D eigenvalue weighted by molar-refractivity contribution is -0.355. The number of hydrogen-bond acceptors (Lipinski definition) is 6. The van der Waals surface area contributed by atoms with E-state index in [0.717, 1.165) is 38.5 Å². The second-order valence-corrected chi connectivity index (χ2v) is 6.71. The Balaban J connectivity index is 1.89. The van der Waals surface area contributed by atoms with E-state index in [9.17, 15) is 9.59 Å². The van der Waals surface area contributed by atoms with Crippen molar-refractivity contribution in [2.45, 2.75) is 83.0 Å². The van der Waals surface area contributed by atoms with Gasteiger partial charge in [-0.05, 0) is 12.8 Å². The maximum absolute atomic E-state index is 11.3. The quantitative estimate of drug-likeness (QED) is 0.191. The Morgan fingerprint density at radius 1 is 0.840 bits per heavy atom. The normalized spacial score (nSPS) is 18.0. The van der Waals surface area contributed by atoms with Crippen molar-refractivity contribution in [1.29, 1.82) is 0 Å². The van der Waals surface area contributed by atoms with E-state index in [2.05, 4.69) is 4.74 Å². The third-order valence-electron chi connectivity index (χ3n) is 4.93. The van der Waals surface area contributed by atoms with Gasteiger partial charge in [-0.1, -0.05) is 51.4 Å². The molecule has 0 saturated carbocycles. The topological polar surface area (TPSA) is 71.1 Å². The number of cyclic esters (lactones) is 2. The number of unbranched alkanes of at least 4 members (excludes halogenated alkanes) is 8. The van der Waals surface area contributed by atoms with E-state index in [1.807, 2.05) is 0 Å². The largest absolute Gasteiger partial charge is 0.393 e. The summed E-state index contributed by atoms with van der Waals surface area (Å²) in [5, 5.41) is 0. The smallest absolute Gasteiger partial charge is 0.317 e. The molecule has 0 radical (unpaired) electrons. The van der Waals surface area contributed by atoms with Gasteiger partial charge in [0.1, 0.15) is 0 Å². The van der Waals surface area contributed by atoms with Crippen LogP contribution in [-0.4, -0.2) is 39.2 Å². The van der Waals surface area contributed by atoms with Gasteiger partial charge in [-0.3, -0.25) is 9.59 Å². The highest BCUT2D eigenvalue weighted by Gasteiger charge is 2.32. The minimum atomic E-state index is -0.893. The summed E-state index contributed by atoms with van der Waals surface area (Å²) >= 11 is 0. The first-order chi connectivity index (χ1) is 12.1. The minimum Gasteiger partial charge on any atom is -0.393 e. The lowest BCUT2D eigenvalue weighted by Crippen LogP contribution is -2.35. The molecule has 1 heterocycles. The molecule has 0 spiro atoms. The third kappa shape index (κ3) is 8.29. The lowest BCUT2D eigenvalue weighted by Gasteiger charge is -2.28. The highest BCUT2D eigenvalue weighted by Crippen LogP contribution is 2.23. The lowest BCUT2D eigenvalue weighted by atomic mass is 9.98. The summed E-state index contributed by atoms with van der Waals surface area (Å²) in [6.45, 7) is 0. The van der Waals surface area contributed by atoms with Crippen LogP contribution in [0.2, 0.25) is 0 Å². The molecule has 6 heteroatoms. The number of rotatable bonds is 15. The fraction of sp³-hybridized carbons (Fsp3) is 0.895. The average Bonchev–Trinajstić information content (AvgIpc) is 2.94. The van der Waals surface area contributed by atoms with Crippen LogP contribution in [0.25, 0.3) is 0 Å². The summed E-state index contributed by atoms with van der Waals surface area (Å²) in [6, 6.07) is 0. The van der Waals surface area contributed by atoms with Crippen molar-refractivity contribution in [3.8, 4) is 0 Å². The Labute approximate surface area is 151 Å². The number of hydrogen-bond donors (Lipinski definition) is 0. The molecule has 1 saturated heterocycles. The summed E-state index contributed by atoms with van der Waals surface area (Å²) in [7, 11) is 4.79. The second kappa shape index (κ2) is 12.4. The SMILES string of the molecule is COC(CCCCCCCCCCCC1CC(=O)OC1=O)(OC)OC. The van der Waals surface area contributed by atoms with Gasteiger partial charge in [0.25, 0.3) is 5.97 Å². The maximum Gasteiger partial charge on any atom is 0.317 e. The molecule has 0 aromatic carbocycles. The molecule has 25 heavy (non-hydrogen) atoms. The van der Waals surface area contributed by atoms with Crippen LogP contribution in [0.4, 0.5) is 0 Å². The predicted octanol–water partition coefficient (Wildman–Crippen LogP) is 3.96. The van der Waals surface area contributed by atoms with E-state index >= 15 is 0 Å². The van der Waals surface area contributed by atoms with Crippen LogP contribution in [0, 0.1) is 5.92 Å². The van der Waals surface area contributed by atoms with Gasteiger partial charge in [-0.25, -0.2) is 0 Å². The monoisotopic (exact) mass is 358 g/mol. The first kappa shape index (κ1) is 22.1. The van der Waals surface area contributed by atoms with Gasteiger partial charge in [0, 0.05) is 27.8 Å². The number of carbonyl (C=O) groups is 2. The number of carbonyl (C=O) groups excluding carboxylic acids is 2. The van der Waals surface area contributed by atoms with Gasteiger partial charge in [0.15, 0.2) is 0 Å². The van der Waals surface area contributed by atoms with Crippen LogP contribution < -0.4 is 0 Å². The maximum atomic E-state index is 11.3. The molecule has 1 aliphatic heterocycles. The molecule has 0 amide bonds. The zero-order chi connectivity index (χ0) is 18.5. The van der Waals surface area contributed by atoms with Crippen molar-refractivity contribution in [2.75, 3.05) is 21.3 Å². The zero-order valence-electron chi connectivity index (χ0n) is 16.0. The van der Waals surface area contributed by atoms with Gasteiger partial charge in [0.05, 0.1) is 12.3 Å². The third-order valence-corrected chi connectivity index (χ3v) is 4.93. The molecule has 0 bridgehead atoms. The van der Waals surface area contributed by atoms with Crippen LogP contribution in [-0.2, 0) is 28.5 Å². The Morgan fingerprint density at radius 3 is 1.76 bits per heavy atom. The van der Waals surface area contributed by atoms with E-state index in [0.29, 0.717) is 0 Å². The van der Waals surface area contributed by atoms with E-state index in [1.54, 1.807) is 21.3 Å². The fourth-order valence-electron chi connectivity index (χ4n) is 3.27. The molecule has 6 nitrogen and oxygen atoms in total. The average molecular weight is 358 g/mol. The molecule has 1 rings (SSSR count). The highest BCUT2D eigenvalue weighted by molar-refractivity contribution is 5.94. The minimum absolute atomic E-state index is 0.189. The Morgan fingerprint density at radius 2 is 1.32 bits per heavy atom. The van der Waals surface area contributed by atoms with Crippen LogP contribution in [0.15, 0.2) is 0 Å². The van der Waals surface area contributed by atoms with Crippen LogP contribution in [0.1, 0.15) is 77.0 Å². The summed E-state index contributed by atoms with van der Waals surface area (Å²) in [5.74, 6) is -1.78. The number of ether oxygens (including phenoxy) is 4. The first-order valence-electron chi connectivity index (χ1n) is 9.47. The van der Waals surface area contributed by atoms with E-state index in [1.165, 1.54) is 32.1 Å². The van der Waals surface area contributed by atoms with Gasteiger partial charge >= 0.3 is 11.9 Å². The second-order valence-electron chi connectivity index (χ2n) is 6.71. The van der Waals surface area contributed by atoms with Crippen molar-refractivity contribution < 1.29 is 28.5 Å². The van der Waals surface area contributed by atoms with Crippen molar-refractivity contribution in [2.24, 2.45) is 5.92 Å². The molecule has 0 aliphatic carbocycles. The fourth-order valence-corrected chi connectivity index (χ4v) is 3.27. The Kier molecular flexibility index (Phi) is 10.9. The molecule has 1 aliphatic rings. The molecular formula is C19H34O6. The standard InChI is InChI=1S/C19H34O6/c1-22-19(23-2,24-3)14-12-10-8-6-4-5-7-9-11-13-16-15-17(20)25-18(16)21/h16H,4-15H2,1-3H3. The predicted molar refractivity (Wildman–Crippen MR) is 93.8 cm³/mol. The molecule has 0 aromatic rings. The van der Waals surface area contributed by atoms with Gasteiger partial charge in [-0.15, -0.1) is 0 Å². The molecule has 146 valence electrons. The van der Waals surface area contributed by atoms with Crippen LogP contribution in [0.5, 0.6) is 0 Å². The molecule has 0 N–H and O–H groups in total. The molecule has 0 aromatic heterocycles. The molecule has 1 fully saturated rings. The van der Waals surface area contributed by atoms with Crippen molar-refractivity contribution in [3.05, 3.63) is 0 Å². The van der Waals surface area contributed by atoms with Crippen molar-refractivity contribution in [3.63, 3.8) is 0 Å². The van der Waals surface area contributed by atoms with Gasteiger partial charge < -0.3 is 18.9 Å².